The third kappa shape index (κ3) is 5.52. The average Bonchev–Trinajstić information content (AvgIpc) is 2.39. The van der Waals surface area contributed by atoms with Gasteiger partial charge >= 0.3 is 11.8 Å². The van der Waals surface area contributed by atoms with E-state index in [2.05, 4.69) is 10.6 Å². The second kappa shape index (κ2) is 7.53. The minimum atomic E-state index is -0.602. The van der Waals surface area contributed by atoms with E-state index in [-0.39, 0.29) is 6.04 Å². The van der Waals surface area contributed by atoms with E-state index in [9.17, 15) is 9.59 Å². The highest BCUT2D eigenvalue weighted by Crippen LogP contribution is 2.10. The maximum absolute atomic E-state index is 11.7. The summed E-state index contributed by atoms with van der Waals surface area (Å²) in [5.41, 5.74) is 0.969. The summed E-state index contributed by atoms with van der Waals surface area (Å²) in [6.45, 7) is 3.01. The van der Waals surface area contributed by atoms with Crippen LogP contribution in [0.3, 0.4) is 0 Å². The van der Waals surface area contributed by atoms with Crippen LogP contribution in [-0.4, -0.2) is 43.9 Å². The predicted octanol–water partition coefficient (Wildman–Crippen LogP) is 0.542. The maximum atomic E-state index is 11.7. The molecule has 0 aliphatic rings. The Bertz CT molecular complexity index is 418. The molecule has 1 rings (SSSR count). The molecule has 0 heterocycles. The van der Waals surface area contributed by atoms with E-state index in [1.807, 2.05) is 56.3 Å². The zero-order valence-electron chi connectivity index (χ0n) is 11.6. The number of amides is 2. The molecule has 2 N–H and O–H groups in total. The molecule has 5 nitrogen and oxygen atoms in total. The van der Waals surface area contributed by atoms with Crippen molar-refractivity contribution in [3.63, 3.8) is 0 Å². The summed E-state index contributed by atoms with van der Waals surface area (Å²) in [5.74, 6) is -1.19. The number of likely N-dealkylation sites (N-methyl/N-ethyl adjacent to an activating group) is 1. The van der Waals surface area contributed by atoms with Gasteiger partial charge in [0.2, 0.25) is 0 Å². The van der Waals surface area contributed by atoms with Gasteiger partial charge in [-0.25, -0.2) is 0 Å². The summed E-state index contributed by atoms with van der Waals surface area (Å²) in [7, 11) is 3.81. The molecule has 0 saturated heterocycles. The molecule has 0 fully saturated rings. The van der Waals surface area contributed by atoms with E-state index in [4.69, 9.17) is 0 Å². The van der Waals surface area contributed by atoms with Crippen LogP contribution in [-0.2, 0) is 9.59 Å². The van der Waals surface area contributed by atoms with Crippen molar-refractivity contribution in [3.05, 3.63) is 35.9 Å². The van der Waals surface area contributed by atoms with Crippen molar-refractivity contribution in [1.29, 1.82) is 0 Å². The predicted molar refractivity (Wildman–Crippen MR) is 74.6 cm³/mol. The van der Waals surface area contributed by atoms with Crippen molar-refractivity contribution >= 4 is 11.8 Å². The highest BCUT2D eigenvalue weighted by Gasteiger charge is 2.16. The van der Waals surface area contributed by atoms with E-state index in [1.165, 1.54) is 0 Å². The molecule has 1 aromatic carbocycles. The summed E-state index contributed by atoms with van der Waals surface area (Å²) in [6.07, 6.45) is 0. The van der Waals surface area contributed by atoms with Gasteiger partial charge in [0.15, 0.2) is 0 Å². The standard InChI is InChI=1S/C14H21N3O2/c1-11(12-7-5-4-6-8-12)16-14(19)13(18)15-9-10-17(2)3/h4-8,11H,9-10H2,1-3H3,(H,15,18)(H,16,19). The molecule has 0 spiro atoms. The largest absolute Gasteiger partial charge is 0.347 e. The van der Waals surface area contributed by atoms with Crippen molar-refractivity contribution in [2.45, 2.75) is 13.0 Å². The number of hydrogen-bond acceptors (Lipinski definition) is 3. The first-order valence-electron chi connectivity index (χ1n) is 6.29. The van der Waals surface area contributed by atoms with Crippen LogP contribution in [0.4, 0.5) is 0 Å². The van der Waals surface area contributed by atoms with Crippen molar-refractivity contribution in [3.8, 4) is 0 Å². The van der Waals surface area contributed by atoms with E-state index >= 15 is 0 Å². The van der Waals surface area contributed by atoms with Crippen molar-refractivity contribution in [1.82, 2.24) is 15.5 Å². The van der Waals surface area contributed by atoms with Crippen LogP contribution < -0.4 is 10.6 Å². The second-order valence-corrected chi connectivity index (χ2v) is 4.67. The third-order valence-corrected chi connectivity index (χ3v) is 2.70. The fraction of sp³-hybridized carbons (Fsp3) is 0.429. The molecular weight excluding hydrogens is 242 g/mol. The molecule has 0 aromatic heterocycles. The minimum absolute atomic E-state index is 0.187. The van der Waals surface area contributed by atoms with Gasteiger partial charge in [-0.3, -0.25) is 9.59 Å². The number of benzene rings is 1. The van der Waals surface area contributed by atoms with Gasteiger partial charge in [0.1, 0.15) is 0 Å². The number of nitrogens with one attached hydrogen (secondary N) is 2. The quantitative estimate of drug-likeness (QED) is 0.762. The van der Waals surface area contributed by atoms with Crippen LogP contribution in [0.25, 0.3) is 0 Å². The lowest BCUT2D eigenvalue weighted by Crippen LogP contribution is -2.42. The lowest BCUT2D eigenvalue weighted by molar-refractivity contribution is -0.139. The Kier molecular flexibility index (Phi) is 6.02. The molecule has 0 bridgehead atoms. The third-order valence-electron chi connectivity index (χ3n) is 2.70. The van der Waals surface area contributed by atoms with Crippen LogP contribution in [0.1, 0.15) is 18.5 Å². The second-order valence-electron chi connectivity index (χ2n) is 4.67. The Balaban J connectivity index is 2.40. The van der Waals surface area contributed by atoms with E-state index in [0.29, 0.717) is 13.1 Å². The summed E-state index contributed by atoms with van der Waals surface area (Å²) < 4.78 is 0. The first-order valence-corrected chi connectivity index (χ1v) is 6.29. The lowest BCUT2D eigenvalue weighted by Gasteiger charge is -2.14. The van der Waals surface area contributed by atoms with Gasteiger partial charge in [0.05, 0.1) is 6.04 Å². The van der Waals surface area contributed by atoms with Gasteiger partial charge in [-0.15, -0.1) is 0 Å². The lowest BCUT2D eigenvalue weighted by atomic mass is 10.1. The maximum Gasteiger partial charge on any atom is 0.309 e. The zero-order valence-corrected chi connectivity index (χ0v) is 11.6. The Labute approximate surface area is 114 Å². The van der Waals surface area contributed by atoms with Crippen molar-refractivity contribution in [2.24, 2.45) is 0 Å². The first kappa shape index (κ1) is 15.2. The molecule has 0 aliphatic heterocycles. The molecular formula is C14H21N3O2. The van der Waals surface area contributed by atoms with Crippen LogP contribution >= 0.6 is 0 Å². The summed E-state index contributed by atoms with van der Waals surface area (Å²) in [4.78, 5) is 25.2. The highest BCUT2D eigenvalue weighted by molar-refractivity contribution is 6.35. The van der Waals surface area contributed by atoms with Crippen LogP contribution in [0, 0.1) is 0 Å². The molecule has 19 heavy (non-hydrogen) atoms. The molecule has 2 amide bonds. The normalized spacial score (nSPS) is 12.0. The number of hydrogen-bond donors (Lipinski definition) is 2. The Morgan fingerprint density at radius 2 is 1.79 bits per heavy atom. The van der Waals surface area contributed by atoms with Crippen LogP contribution in [0.15, 0.2) is 30.3 Å². The Morgan fingerprint density at radius 3 is 2.37 bits per heavy atom. The SMILES string of the molecule is CC(NC(=O)C(=O)NCCN(C)C)c1ccccc1. The number of nitrogens with zero attached hydrogens (tertiary/aromatic N) is 1. The topological polar surface area (TPSA) is 61.4 Å². The summed E-state index contributed by atoms with van der Waals surface area (Å²) in [5, 5.41) is 5.25. The number of carbonyl (C=O) groups excluding carboxylic acids is 2. The fourth-order valence-corrected chi connectivity index (χ4v) is 1.56. The zero-order chi connectivity index (χ0) is 14.3. The molecule has 0 aliphatic carbocycles. The van der Waals surface area contributed by atoms with E-state index < -0.39 is 11.8 Å². The van der Waals surface area contributed by atoms with Gasteiger partial charge in [-0.05, 0) is 26.6 Å². The fourth-order valence-electron chi connectivity index (χ4n) is 1.56. The molecule has 0 radical (unpaired) electrons. The molecule has 1 aromatic rings. The Hall–Kier alpha value is -1.88. The van der Waals surface area contributed by atoms with Crippen LogP contribution in [0.2, 0.25) is 0 Å². The minimum Gasteiger partial charge on any atom is -0.347 e. The summed E-state index contributed by atoms with van der Waals surface area (Å²) in [6, 6.07) is 9.34. The highest BCUT2D eigenvalue weighted by atomic mass is 16.2. The molecule has 104 valence electrons. The average molecular weight is 263 g/mol. The number of carbonyl (C=O) groups is 2. The summed E-state index contributed by atoms with van der Waals surface area (Å²) >= 11 is 0. The molecule has 0 saturated carbocycles. The van der Waals surface area contributed by atoms with Gasteiger partial charge < -0.3 is 15.5 Å². The van der Waals surface area contributed by atoms with Gasteiger partial charge in [-0.1, -0.05) is 30.3 Å². The van der Waals surface area contributed by atoms with Crippen LogP contribution in [0.5, 0.6) is 0 Å². The molecule has 1 atom stereocenters. The Morgan fingerprint density at radius 1 is 1.16 bits per heavy atom. The van der Waals surface area contributed by atoms with E-state index in [1.54, 1.807) is 0 Å². The molecule has 5 heteroatoms. The monoisotopic (exact) mass is 263 g/mol. The number of rotatable bonds is 5. The smallest absolute Gasteiger partial charge is 0.309 e. The molecule has 1 unspecified atom stereocenters. The van der Waals surface area contributed by atoms with Gasteiger partial charge in [0.25, 0.3) is 0 Å². The van der Waals surface area contributed by atoms with Crippen molar-refractivity contribution < 1.29 is 9.59 Å². The van der Waals surface area contributed by atoms with Gasteiger partial charge in [0, 0.05) is 13.1 Å². The van der Waals surface area contributed by atoms with Gasteiger partial charge in [-0.2, -0.15) is 0 Å². The van der Waals surface area contributed by atoms with Crippen molar-refractivity contribution in [2.75, 3.05) is 27.2 Å². The van der Waals surface area contributed by atoms with E-state index in [0.717, 1.165) is 5.56 Å². The first-order chi connectivity index (χ1) is 9.00.